The number of fused-ring (bicyclic) bond motifs is 1. The van der Waals surface area contributed by atoms with Crippen LogP contribution in [-0.4, -0.2) is 49.8 Å². The molecule has 0 unspecified atom stereocenters. The van der Waals surface area contributed by atoms with Crippen LogP contribution in [0.2, 0.25) is 0 Å². The summed E-state index contributed by atoms with van der Waals surface area (Å²) in [7, 11) is 0.170. The third-order valence-electron chi connectivity index (χ3n) is 2.79. The van der Waals surface area contributed by atoms with Crippen LogP contribution in [0.1, 0.15) is 0 Å². The summed E-state index contributed by atoms with van der Waals surface area (Å²) in [6.07, 6.45) is 0. The van der Waals surface area contributed by atoms with Crippen molar-refractivity contribution in [1.29, 1.82) is 0 Å². The van der Waals surface area contributed by atoms with Gasteiger partial charge in [0, 0.05) is 30.6 Å². The van der Waals surface area contributed by atoms with Gasteiger partial charge in [-0.2, -0.15) is 4.83 Å². The summed E-state index contributed by atoms with van der Waals surface area (Å²) in [5.41, 5.74) is 0.960. The van der Waals surface area contributed by atoms with Crippen molar-refractivity contribution in [2.45, 2.75) is 4.90 Å². The van der Waals surface area contributed by atoms with Gasteiger partial charge >= 0.3 is 27.3 Å². The number of hydrazine groups is 1. The van der Waals surface area contributed by atoms with Gasteiger partial charge < -0.3 is 4.90 Å². The topological polar surface area (TPSA) is 75.4 Å². The first-order valence-corrected chi connectivity index (χ1v) is 6.87. The van der Waals surface area contributed by atoms with E-state index in [9.17, 15) is 8.42 Å². The van der Waals surface area contributed by atoms with Crippen LogP contribution in [0.5, 0.6) is 0 Å². The Morgan fingerprint density at radius 1 is 1.05 bits per heavy atom. The molecule has 0 saturated heterocycles. The zero-order chi connectivity index (χ0) is 13.3. The zero-order valence-electron chi connectivity index (χ0n) is 10.9. The van der Waals surface area contributed by atoms with E-state index < -0.39 is 10.0 Å². The molecule has 3 N–H and O–H groups in total. The van der Waals surface area contributed by atoms with Crippen molar-refractivity contribution in [3.8, 4) is 0 Å². The minimum absolute atomic E-state index is 0. The number of anilines is 1. The Morgan fingerprint density at radius 3 is 2.21 bits per heavy atom. The molecule has 102 valence electrons. The van der Waals surface area contributed by atoms with E-state index in [1.54, 1.807) is 12.1 Å². The van der Waals surface area contributed by atoms with Gasteiger partial charge in [0.1, 0.15) is 0 Å². The van der Waals surface area contributed by atoms with Crippen molar-refractivity contribution in [3.63, 3.8) is 0 Å². The molecule has 0 aliphatic rings. The Balaban J connectivity index is 0.00000180. The predicted octanol–water partition coefficient (Wildman–Crippen LogP) is 0.142. The summed E-state index contributed by atoms with van der Waals surface area (Å²) in [5.74, 6) is 5.08. The van der Waals surface area contributed by atoms with Gasteiger partial charge in [0.25, 0.3) is 10.0 Å². The molecule has 0 aliphatic heterocycles. The normalized spacial score (nSPS) is 11.1. The molecule has 0 aliphatic carbocycles. The Kier molecular flexibility index (Phi) is 5.30. The number of sulfonamides is 1. The van der Waals surface area contributed by atoms with Gasteiger partial charge in [-0.25, -0.2) is 8.42 Å². The summed E-state index contributed by atoms with van der Waals surface area (Å²) in [4.78, 5) is 3.98. The second-order valence-corrected chi connectivity index (χ2v) is 5.83. The fourth-order valence-corrected chi connectivity index (χ4v) is 2.80. The molecule has 7 heteroatoms. The van der Waals surface area contributed by atoms with Crippen molar-refractivity contribution >= 4 is 53.8 Å². The molecule has 0 saturated carbocycles. The summed E-state index contributed by atoms with van der Waals surface area (Å²) in [6.45, 7) is 0. The van der Waals surface area contributed by atoms with Crippen molar-refractivity contribution < 1.29 is 8.42 Å². The van der Waals surface area contributed by atoms with E-state index in [2.05, 4.69) is 0 Å². The second-order valence-electron chi connectivity index (χ2n) is 4.14. The molecule has 0 amide bonds. The molecule has 2 aromatic rings. The molecule has 0 spiro atoms. The molecule has 0 bridgehead atoms. The van der Waals surface area contributed by atoms with Gasteiger partial charge in [0.05, 0.1) is 4.90 Å². The van der Waals surface area contributed by atoms with E-state index in [0.717, 1.165) is 11.1 Å². The fraction of sp³-hybridized carbons (Fsp3) is 0.167. The number of rotatable bonds is 3. The summed E-state index contributed by atoms with van der Waals surface area (Å²) in [6, 6.07) is 10.7. The average Bonchev–Trinajstić information content (AvgIpc) is 2.37. The van der Waals surface area contributed by atoms with Gasteiger partial charge in [-0.1, -0.05) is 24.3 Å². The van der Waals surface area contributed by atoms with Gasteiger partial charge in [-0.05, 0) is 12.1 Å². The third-order valence-corrected chi connectivity index (χ3v) is 4.03. The van der Waals surface area contributed by atoms with E-state index in [1.165, 1.54) is 6.07 Å². The van der Waals surface area contributed by atoms with Crippen LogP contribution in [0.15, 0.2) is 41.3 Å². The third kappa shape index (κ3) is 3.07. The Labute approximate surface area is 133 Å². The minimum atomic E-state index is -3.66. The van der Waals surface area contributed by atoms with Gasteiger partial charge in [-0.15, -0.1) is 0 Å². The first-order valence-electron chi connectivity index (χ1n) is 5.39. The van der Waals surface area contributed by atoms with Gasteiger partial charge in [-0.3, -0.25) is 5.84 Å². The molecule has 0 aromatic heterocycles. The Morgan fingerprint density at radius 2 is 1.63 bits per heavy atom. The monoisotopic (exact) mass is 475 g/mol. The van der Waals surface area contributed by atoms with Gasteiger partial charge in [0.2, 0.25) is 0 Å². The Hall–Kier alpha value is -0.708. The van der Waals surface area contributed by atoms with Crippen LogP contribution in [-0.2, 0) is 10.0 Å². The fourth-order valence-electron chi connectivity index (χ4n) is 1.95. The van der Waals surface area contributed by atoms with Crippen molar-refractivity contribution in [1.82, 2.24) is 4.83 Å². The van der Waals surface area contributed by atoms with Crippen LogP contribution in [0, 0.1) is 0 Å². The first-order chi connectivity index (χ1) is 8.47. The van der Waals surface area contributed by atoms with E-state index in [1.807, 2.05) is 42.0 Å². The average molecular weight is 475 g/mol. The molecule has 2 aromatic carbocycles. The zero-order valence-corrected chi connectivity index (χ0v) is 17.2. The van der Waals surface area contributed by atoms with Crippen molar-refractivity contribution in [2.75, 3.05) is 19.0 Å². The molecule has 0 fully saturated rings. The number of benzene rings is 2. The van der Waals surface area contributed by atoms with Crippen molar-refractivity contribution in [3.05, 3.63) is 36.4 Å². The van der Waals surface area contributed by atoms with E-state index in [-0.39, 0.29) is 32.2 Å². The van der Waals surface area contributed by atoms with Gasteiger partial charge in [0.15, 0.2) is 0 Å². The molecule has 5 nitrogen and oxygen atoms in total. The summed E-state index contributed by atoms with van der Waals surface area (Å²) in [5, 5.41) is 1.53. The number of hydrogen-bond donors (Lipinski definition) is 2. The molecule has 19 heavy (non-hydrogen) atoms. The Bertz CT molecular complexity index is 686. The molecule has 0 heterocycles. The van der Waals surface area contributed by atoms with Crippen molar-refractivity contribution in [2.24, 2.45) is 5.84 Å². The predicted molar refractivity (Wildman–Crippen MR) is 81.3 cm³/mol. The quantitative estimate of drug-likeness (QED) is 0.377. The van der Waals surface area contributed by atoms with E-state index in [0.29, 0.717) is 5.39 Å². The van der Waals surface area contributed by atoms with Crippen LogP contribution in [0.3, 0.4) is 0 Å². The molecule has 2 rings (SSSR count). The SMILES string of the molecule is CN(C)c1cccc2c(S(=O)(=O)NN)cccc12.[PbH2]. The maximum absolute atomic E-state index is 11.8. The number of nitrogens with two attached hydrogens (primary N) is 1. The van der Waals surface area contributed by atoms with Crippen LogP contribution in [0.4, 0.5) is 5.69 Å². The number of nitrogens with zero attached hydrogens (tertiary/aromatic N) is 1. The number of hydrogen-bond acceptors (Lipinski definition) is 4. The molecule has 0 atom stereocenters. The van der Waals surface area contributed by atoms with Crippen LogP contribution in [0.25, 0.3) is 10.8 Å². The summed E-state index contributed by atoms with van der Waals surface area (Å²) < 4.78 is 23.7. The maximum atomic E-state index is 11.8. The first kappa shape index (κ1) is 16.3. The number of nitrogens with one attached hydrogen (secondary N) is 1. The molecular formula is C12H17N3O2PbS. The van der Waals surface area contributed by atoms with E-state index >= 15 is 0 Å². The summed E-state index contributed by atoms with van der Waals surface area (Å²) >= 11 is 0. The van der Waals surface area contributed by atoms with Crippen LogP contribution < -0.4 is 15.6 Å². The molecular weight excluding hydrogens is 457 g/mol. The second kappa shape index (κ2) is 6.16. The van der Waals surface area contributed by atoms with E-state index in [4.69, 9.17) is 5.84 Å². The standard InChI is InChI=1S/C12H15N3O2S.Pb.2H/c1-15(2)11-7-3-6-10-9(11)5-4-8-12(10)18(16,17)14-13;;;/h3-8,14H,13H2,1-2H3;;;. The molecule has 2 radical (unpaired) electrons. The van der Waals surface area contributed by atoms with Crippen LogP contribution >= 0.6 is 0 Å².